The Labute approximate surface area is 137 Å². The van der Waals surface area contributed by atoms with E-state index in [-0.39, 0.29) is 24.8 Å². The lowest BCUT2D eigenvalue weighted by molar-refractivity contribution is -0.116. The average Bonchev–Trinajstić information content (AvgIpc) is 3.09. The third-order valence-corrected chi connectivity index (χ3v) is 3.97. The van der Waals surface area contributed by atoms with Gasteiger partial charge in [-0.2, -0.15) is 11.3 Å². The largest absolute Gasteiger partial charge is 0.351 e. The van der Waals surface area contributed by atoms with E-state index in [0.717, 1.165) is 10.9 Å². The third kappa shape index (κ3) is 3.92. The number of carbonyl (C=O) groups is 2. The van der Waals surface area contributed by atoms with Gasteiger partial charge in [0.05, 0.1) is 5.52 Å². The molecule has 0 fully saturated rings. The maximum Gasteiger partial charge on any atom is 0.252 e. The highest BCUT2D eigenvalue weighted by molar-refractivity contribution is 7.08. The molecule has 2 aromatic heterocycles. The molecule has 0 aliphatic carbocycles. The van der Waals surface area contributed by atoms with E-state index in [1.54, 1.807) is 17.5 Å². The van der Waals surface area contributed by atoms with Crippen LogP contribution in [0.25, 0.3) is 10.9 Å². The second-order valence-corrected chi connectivity index (χ2v) is 5.74. The van der Waals surface area contributed by atoms with Crippen molar-refractivity contribution < 1.29 is 9.59 Å². The van der Waals surface area contributed by atoms with Gasteiger partial charge in [-0.25, -0.2) is 4.98 Å². The van der Waals surface area contributed by atoms with Crippen molar-refractivity contribution in [3.8, 4) is 0 Å². The Bertz CT molecular complexity index is 831. The number of pyridine rings is 1. The lowest BCUT2D eigenvalue weighted by Crippen LogP contribution is -2.27. The summed E-state index contributed by atoms with van der Waals surface area (Å²) in [6, 6.07) is 13.1. The topological polar surface area (TPSA) is 71.1 Å². The van der Waals surface area contributed by atoms with E-state index in [0.29, 0.717) is 11.4 Å². The number of aromatic nitrogens is 1. The normalized spacial score (nSPS) is 10.4. The molecule has 3 rings (SSSR count). The van der Waals surface area contributed by atoms with Crippen LogP contribution in [0.1, 0.15) is 16.8 Å². The number of hydrogen-bond donors (Lipinski definition) is 2. The lowest BCUT2D eigenvalue weighted by Gasteiger charge is -2.06. The first-order chi connectivity index (χ1) is 11.2. The minimum Gasteiger partial charge on any atom is -0.351 e. The first kappa shape index (κ1) is 15.2. The molecule has 23 heavy (non-hydrogen) atoms. The van der Waals surface area contributed by atoms with Gasteiger partial charge in [0, 0.05) is 29.3 Å². The number of carbonyl (C=O) groups excluding carboxylic acids is 2. The lowest BCUT2D eigenvalue weighted by atomic mass is 10.2. The Hall–Kier alpha value is -2.73. The summed E-state index contributed by atoms with van der Waals surface area (Å²) in [4.78, 5) is 28.0. The van der Waals surface area contributed by atoms with E-state index in [9.17, 15) is 9.59 Å². The number of rotatable bonds is 5. The Kier molecular flexibility index (Phi) is 4.63. The number of fused-ring (bicyclic) bond motifs is 1. The number of nitrogens with one attached hydrogen (secondary N) is 2. The molecule has 0 atom stereocenters. The fourth-order valence-electron chi connectivity index (χ4n) is 2.13. The molecule has 0 aliphatic rings. The number of anilines is 1. The molecule has 0 bridgehead atoms. The van der Waals surface area contributed by atoms with Gasteiger partial charge in [0.25, 0.3) is 5.91 Å². The highest BCUT2D eigenvalue weighted by atomic mass is 32.1. The quantitative estimate of drug-likeness (QED) is 0.757. The highest BCUT2D eigenvalue weighted by Crippen LogP contribution is 2.14. The maximum atomic E-state index is 11.9. The molecule has 1 aromatic carbocycles. The van der Waals surface area contributed by atoms with Crippen molar-refractivity contribution in [2.45, 2.75) is 6.42 Å². The zero-order chi connectivity index (χ0) is 16.1. The monoisotopic (exact) mass is 325 g/mol. The van der Waals surface area contributed by atoms with Gasteiger partial charge in [-0.05, 0) is 29.6 Å². The second kappa shape index (κ2) is 7.02. The van der Waals surface area contributed by atoms with Crippen LogP contribution in [-0.4, -0.2) is 23.3 Å². The highest BCUT2D eigenvalue weighted by Gasteiger charge is 2.07. The molecule has 0 aliphatic heterocycles. The molecular weight excluding hydrogens is 310 g/mol. The molecule has 0 spiro atoms. The van der Waals surface area contributed by atoms with E-state index in [1.165, 1.54) is 11.3 Å². The van der Waals surface area contributed by atoms with E-state index >= 15 is 0 Å². The summed E-state index contributed by atoms with van der Waals surface area (Å²) in [5, 5.41) is 10.1. The zero-order valence-electron chi connectivity index (χ0n) is 12.3. The van der Waals surface area contributed by atoms with Crippen molar-refractivity contribution in [3.05, 3.63) is 58.8 Å². The van der Waals surface area contributed by atoms with E-state index in [2.05, 4.69) is 15.6 Å². The molecule has 0 saturated carbocycles. The summed E-state index contributed by atoms with van der Waals surface area (Å²) in [6.45, 7) is 0.286. The molecule has 0 saturated heterocycles. The Morgan fingerprint density at radius 1 is 1.09 bits per heavy atom. The van der Waals surface area contributed by atoms with Crippen LogP contribution in [0.3, 0.4) is 0 Å². The molecule has 2 heterocycles. The van der Waals surface area contributed by atoms with Crippen LogP contribution in [0.15, 0.2) is 53.2 Å². The standard InChI is InChI=1S/C17H15N3O2S/c21-16(7-9-18-17(22)13-8-10-23-11-13)20-15-6-5-12-3-1-2-4-14(12)19-15/h1-6,8,10-11H,7,9H2,(H,18,22)(H,19,20,21). The molecule has 3 aromatic rings. The van der Waals surface area contributed by atoms with Crippen molar-refractivity contribution in [1.29, 1.82) is 0 Å². The molecule has 0 unspecified atom stereocenters. The number of hydrogen-bond acceptors (Lipinski definition) is 4. The predicted molar refractivity (Wildman–Crippen MR) is 91.6 cm³/mol. The van der Waals surface area contributed by atoms with Crippen molar-refractivity contribution in [1.82, 2.24) is 10.3 Å². The van der Waals surface area contributed by atoms with E-state index in [1.807, 2.05) is 35.7 Å². The molecule has 116 valence electrons. The second-order valence-electron chi connectivity index (χ2n) is 4.96. The fourth-order valence-corrected chi connectivity index (χ4v) is 2.76. The van der Waals surface area contributed by atoms with Gasteiger partial charge in [-0.15, -0.1) is 0 Å². The minimum absolute atomic E-state index is 0.164. The Morgan fingerprint density at radius 2 is 1.96 bits per heavy atom. The first-order valence-corrected chi connectivity index (χ1v) is 8.13. The number of thiophene rings is 1. The smallest absolute Gasteiger partial charge is 0.252 e. The summed E-state index contributed by atoms with van der Waals surface area (Å²) in [7, 11) is 0. The maximum absolute atomic E-state index is 11.9. The van der Waals surface area contributed by atoms with Gasteiger partial charge in [0.1, 0.15) is 5.82 Å². The first-order valence-electron chi connectivity index (χ1n) is 7.18. The fraction of sp³-hybridized carbons (Fsp3) is 0.118. The van der Waals surface area contributed by atoms with Crippen LogP contribution in [-0.2, 0) is 4.79 Å². The van der Waals surface area contributed by atoms with E-state index in [4.69, 9.17) is 0 Å². The van der Waals surface area contributed by atoms with Crippen LogP contribution >= 0.6 is 11.3 Å². The predicted octanol–water partition coefficient (Wildman–Crippen LogP) is 3.05. The molecule has 6 heteroatoms. The summed E-state index contributed by atoms with van der Waals surface area (Å²) in [6.07, 6.45) is 0.199. The SMILES string of the molecule is O=C(CCNC(=O)c1ccsc1)Nc1ccc2ccccc2n1. The molecular formula is C17H15N3O2S. The third-order valence-electron chi connectivity index (χ3n) is 3.29. The van der Waals surface area contributed by atoms with Gasteiger partial charge < -0.3 is 10.6 Å². The van der Waals surface area contributed by atoms with Gasteiger partial charge in [0.2, 0.25) is 5.91 Å². The minimum atomic E-state index is -0.182. The molecule has 5 nitrogen and oxygen atoms in total. The van der Waals surface area contributed by atoms with Crippen LogP contribution in [0.2, 0.25) is 0 Å². The van der Waals surface area contributed by atoms with Crippen molar-refractivity contribution in [3.63, 3.8) is 0 Å². The molecule has 2 amide bonds. The number of benzene rings is 1. The number of para-hydroxylation sites is 1. The van der Waals surface area contributed by atoms with Gasteiger partial charge >= 0.3 is 0 Å². The Balaban J connectivity index is 1.51. The van der Waals surface area contributed by atoms with Crippen molar-refractivity contribution in [2.24, 2.45) is 0 Å². The van der Waals surface area contributed by atoms with Crippen LogP contribution in [0.4, 0.5) is 5.82 Å². The summed E-state index contributed by atoms with van der Waals surface area (Å²) >= 11 is 1.46. The van der Waals surface area contributed by atoms with Crippen molar-refractivity contribution >= 4 is 39.9 Å². The molecule has 2 N–H and O–H groups in total. The zero-order valence-corrected chi connectivity index (χ0v) is 13.1. The Morgan fingerprint density at radius 3 is 2.78 bits per heavy atom. The van der Waals surface area contributed by atoms with Gasteiger partial charge in [-0.3, -0.25) is 9.59 Å². The summed E-state index contributed by atoms with van der Waals surface area (Å²) in [5.74, 6) is 0.166. The molecule has 0 radical (unpaired) electrons. The average molecular weight is 325 g/mol. The van der Waals surface area contributed by atoms with Gasteiger partial charge in [-0.1, -0.05) is 18.2 Å². The van der Waals surface area contributed by atoms with Crippen LogP contribution in [0, 0.1) is 0 Å². The van der Waals surface area contributed by atoms with Crippen LogP contribution < -0.4 is 10.6 Å². The van der Waals surface area contributed by atoms with E-state index < -0.39 is 0 Å². The summed E-state index contributed by atoms with van der Waals surface area (Å²) in [5.41, 5.74) is 1.45. The van der Waals surface area contributed by atoms with Gasteiger partial charge in [0.15, 0.2) is 0 Å². The van der Waals surface area contributed by atoms with Crippen LogP contribution in [0.5, 0.6) is 0 Å². The van der Waals surface area contributed by atoms with Crippen molar-refractivity contribution in [2.75, 3.05) is 11.9 Å². The number of amides is 2. The summed E-state index contributed by atoms with van der Waals surface area (Å²) < 4.78 is 0. The number of nitrogens with zero attached hydrogens (tertiary/aromatic N) is 1.